The lowest BCUT2D eigenvalue weighted by molar-refractivity contribution is 0.0975. The van der Waals surface area contributed by atoms with Crippen molar-refractivity contribution >= 4 is 43.5 Å². The molecule has 0 aliphatic carbocycles. The minimum absolute atomic E-state index is 0.106. The van der Waals surface area contributed by atoms with E-state index in [2.05, 4.69) is 36.8 Å². The molecule has 3 rings (SSSR count). The van der Waals surface area contributed by atoms with Crippen LogP contribution in [0, 0.1) is 6.92 Å². The molecular formula is C16H14Br2N2O3. The summed E-state index contributed by atoms with van der Waals surface area (Å²) in [7, 11) is 1.58. The van der Waals surface area contributed by atoms with E-state index < -0.39 is 0 Å². The average Bonchev–Trinajstić information content (AvgIpc) is 2.53. The first-order valence-electron chi connectivity index (χ1n) is 6.95. The Labute approximate surface area is 150 Å². The van der Waals surface area contributed by atoms with Gasteiger partial charge in [0.1, 0.15) is 18.0 Å². The van der Waals surface area contributed by atoms with Crippen LogP contribution >= 0.6 is 31.9 Å². The number of aryl methyl sites for hydroxylation is 1. The predicted molar refractivity (Wildman–Crippen MR) is 94.5 cm³/mol. The molecule has 23 heavy (non-hydrogen) atoms. The van der Waals surface area contributed by atoms with Gasteiger partial charge in [-0.25, -0.2) is 4.98 Å². The highest BCUT2D eigenvalue weighted by atomic mass is 79.9. The Kier molecular flexibility index (Phi) is 4.59. The second kappa shape index (κ2) is 6.49. The number of methoxy groups -OCH3 is 1. The molecule has 0 N–H and O–H groups in total. The van der Waals surface area contributed by atoms with E-state index >= 15 is 0 Å². The summed E-state index contributed by atoms with van der Waals surface area (Å²) in [6.45, 7) is 2.84. The van der Waals surface area contributed by atoms with Crippen LogP contribution in [0.5, 0.6) is 11.6 Å². The number of rotatable bonds is 2. The minimum atomic E-state index is -0.106. The van der Waals surface area contributed by atoms with Crippen LogP contribution in [-0.4, -0.2) is 31.2 Å². The lowest BCUT2D eigenvalue weighted by Gasteiger charge is -2.29. The Bertz CT molecular complexity index is 757. The summed E-state index contributed by atoms with van der Waals surface area (Å²) in [5.74, 6) is 1.04. The second-order valence-electron chi connectivity index (χ2n) is 5.12. The molecule has 0 bridgehead atoms. The fourth-order valence-electron chi connectivity index (χ4n) is 2.45. The van der Waals surface area contributed by atoms with Crippen molar-refractivity contribution in [3.05, 3.63) is 44.5 Å². The zero-order chi connectivity index (χ0) is 16.6. The van der Waals surface area contributed by atoms with Crippen LogP contribution in [-0.2, 0) is 0 Å². The zero-order valence-electron chi connectivity index (χ0n) is 12.6. The Morgan fingerprint density at radius 1 is 1.30 bits per heavy atom. The van der Waals surface area contributed by atoms with E-state index in [-0.39, 0.29) is 5.91 Å². The number of amides is 1. The maximum absolute atomic E-state index is 12.9. The van der Waals surface area contributed by atoms with E-state index in [4.69, 9.17) is 9.47 Å². The Balaban J connectivity index is 2.01. The molecule has 1 aliphatic rings. The largest absolute Gasteiger partial charge is 0.494 e. The van der Waals surface area contributed by atoms with Crippen LogP contribution in [0.1, 0.15) is 15.9 Å². The fraction of sp³-hybridized carbons (Fsp3) is 0.250. The van der Waals surface area contributed by atoms with Crippen molar-refractivity contribution in [1.29, 1.82) is 0 Å². The predicted octanol–water partition coefficient (Wildman–Crippen LogP) is 3.96. The zero-order valence-corrected chi connectivity index (χ0v) is 15.8. The molecule has 0 saturated heterocycles. The van der Waals surface area contributed by atoms with Gasteiger partial charge in [-0.15, -0.1) is 0 Å². The number of carbonyl (C=O) groups is 1. The van der Waals surface area contributed by atoms with Crippen molar-refractivity contribution < 1.29 is 14.3 Å². The Morgan fingerprint density at radius 2 is 2.00 bits per heavy atom. The lowest BCUT2D eigenvalue weighted by atomic mass is 10.1. The van der Waals surface area contributed by atoms with Crippen molar-refractivity contribution in [2.75, 3.05) is 25.2 Å². The van der Waals surface area contributed by atoms with Crippen LogP contribution in [0.3, 0.4) is 0 Å². The first-order chi connectivity index (χ1) is 11.0. The van der Waals surface area contributed by atoms with Gasteiger partial charge in [-0.3, -0.25) is 4.79 Å². The number of halogens is 2. The molecule has 1 amide bonds. The molecule has 0 unspecified atom stereocenters. The third-order valence-corrected chi connectivity index (χ3v) is 4.69. The second-order valence-corrected chi connectivity index (χ2v) is 6.82. The van der Waals surface area contributed by atoms with Gasteiger partial charge in [0.2, 0.25) is 5.88 Å². The summed E-state index contributed by atoms with van der Waals surface area (Å²) in [6, 6.07) is 5.42. The van der Waals surface area contributed by atoms with Gasteiger partial charge in [0.05, 0.1) is 22.6 Å². The van der Waals surface area contributed by atoms with E-state index in [0.29, 0.717) is 45.0 Å². The lowest BCUT2D eigenvalue weighted by Crippen LogP contribution is -2.38. The van der Waals surface area contributed by atoms with Gasteiger partial charge in [-0.05, 0) is 62.5 Å². The highest BCUT2D eigenvalue weighted by Crippen LogP contribution is 2.36. The number of fused-ring (bicyclic) bond motifs is 1. The number of carbonyl (C=O) groups excluding carboxylic acids is 1. The van der Waals surface area contributed by atoms with E-state index in [1.165, 1.54) is 0 Å². The molecule has 0 saturated carbocycles. The maximum atomic E-state index is 12.9. The van der Waals surface area contributed by atoms with Gasteiger partial charge < -0.3 is 14.4 Å². The molecule has 0 fully saturated rings. The quantitative estimate of drug-likeness (QED) is 0.707. The highest BCUT2D eigenvalue weighted by Gasteiger charge is 2.26. The first kappa shape index (κ1) is 16.3. The molecule has 0 radical (unpaired) electrons. The molecule has 1 aliphatic heterocycles. The van der Waals surface area contributed by atoms with Crippen LogP contribution < -0.4 is 14.4 Å². The number of pyridine rings is 1. The molecule has 120 valence electrons. The third-order valence-electron chi connectivity index (χ3n) is 3.51. The summed E-state index contributed by atoms with van der Waals surface area (Å²) < 4.78 is 12.2. The molecule has 5 nitrogen and oxygen atoms in total. The van der Waals surface area contributed by atoms with Gasteiger partial charge in [0.25, 0.3) is 5.91 Å². The summed E-state index contributed by atoms with van der Waals surface area (Å²) in [5.41, 5.74) is 2.23. The van der Waals surface area contributed by atoms with Crippen molar-refractivity contribution in [2.24, 2.45) is 0 Å². The summed E-state index contributed by atoms with van der Waals surface area (Å²) in [4.78, 5) is 18.9. The van der Waals surface area contributed by atoms with E-state index in [0.717, 1.165) is 5.56 Å². The first-order valence-corrected chi connectivity index (χ1v) is 8.54. The highest BCUT2D eigenvalue weighted by molar-refractivity contribution is 9.11. The van der Waals surface area contributed by atoms with E-state index in [1.807, 2.05) is 13.0 Å². The third kappa shape index (κ3) is 3.07. The summed E-state index contributed by atoms with van der Waals surface area (Å²) in [6.07, 6.45) is 1.73. The van der Waals surface area contributed by atoms with Crippen molar-refractivity contribution in [2.45, 2.75) is 6.92 Å². The van der Waals surface area contributed by atoms with Crippen LogP contribution in [0.2, 0.25) is 0 Å². The molecule has 2 aromatic rings. The van der Waals surface area contributed by atoms with Crippen LogP contribution in [0.15, 0.2) is 33.3 Å². The smallest absolute Gasteiger partial charge is 0.258 e. The Morgan fingerprint density at radius 3 is 2.65 bits per heavy atom. The molecule has 2 heterocycles. The normalized spacial score (nSPS) is 13.3. The topological polar surface area (TPSA) is 51.7 Å². The molecule has 0 atom stereocenters. The van der Waals surface area contributed by atoms with Crippen molar-refractivity contribution in [3.8, 4) is 11.6 Å². The number of anilines is 1. The number of hydrogen-bond donors (Lipinski definition) is 0. The summed E-state index contributed by atoms with van der Waals surface area (Å²) >= 11 is 6.86. The Hall–Kier alpha value is -1.60. The van der Waals surface area contributed by atoms with Gasteiger partial charge in [0, 0.05) is 11.8 Å². The van der Waals surface area contributed by atoms with Crippen molar-refractivity contribution in [3.63, 3.8) is 0 Å². The maximum Gasteiger partial charge on any atom is 0.258 e. The summed E-state index contributed by atoms with van der Waals surface area (Å²) in [5, 5.41) is 0. The monoisotopic (exact) mass is 440 g/mol. The van der Waals surface area contributed by atoms with Crippen LogP contribution in [0.25, 0.3) is 0 Å². The molecule has 1 aromatic heterocycles. The SMILES string of the molecule is COc1c(Br)cc(C(=O)N2CCOc3ncc(C)cc32)cc1Br. The van der Waals surface area contributed by atoms with Gasteiger partial charge >= 0.3 is 0 Å². The number of benzene rings is 1. The van der Waals surface area contributed by atoms with Gasteiger partial charge in [-0.1, -0.05) is 0 Å². The molecule has 7 heteroatoms. The average molecular weight is 442 g/mol. The fourth-order valence-corrected chi connectivity index (χ4v) is 3.96. The standard InChI is InChI=1S/C16H14Br2N2O3/c1-9-5-13-15(19-8-9)23-4-3-20(13)16(21)10-6-11(17)14(22-2)12(18)7-10/h5-8H,3-4H2,1-2H3. The van der Waals surface area contributed by atoms with Gasteiger partial charge in [-0.2, -0.15) is 0 Å². The number of aromatic nitrogens is 1. The van der Waals surface area contributed by atoms with E-state index in [1.54, 1.807) is 30.3 Å². The van der Waals surface area contributed by atoms with Gasteiger partial charge in [0.15, 0.2) is 0 Å². The molecule has 1 aromatic carbocycles. The number of nitrogens with zero attached hydrogens (tertiary/aromatic N) is 2. The molecular weight excluding hydrogens is 428 g/mol. The minimum Gasteiger partial charge on any atom is -0.494 e. The number of ether oxygens (including phenoxy) is 2. The number of hydrogen-bond acceptors (Lipinski definition) is 4. The van der Waals surface area contributed by atoms with Crippen molar-refractivity contribution in [1.82, 2.24) is 4.98 Å². The molecule has 0 spiro atoms. The van der Waals surface area contributed by atoms with Crippen LogP contribution in [0.4, 0.5) is 5.69 Å². The van der Waals surface area contributed by atoms with E-state index in [9.17, 15) is 4.79 Å².